The Morgan fingerprint density at radius 1 is 1.17 bits per heavy atom. The second-order valence-electron chi connectivity index (χ2n) is 8.15. The van der Waals surface area contributed by atoms with Crippen molar-refractivity contribution in [3.05, 3.63) is 41.1 Å². The van der Waals surface area contributed by atoms with E-state index in [0.717, 1.165) is 61.7 Å². The minimum absolute atomic E-state index is 0.526. The number of aryl methyl sites for hydroxylation is 2. The van der Waals surface area contributed by atoms with Crippen molar-refractivity contribution >= 4 is 17.5 Å². The van der Waals surface area contributed by atoms with Gasteiger partial charge in [-0.15, -0.1) is 0 Å². The van der Waals surface area contributed by atoms with E-state index < -0.39 is 0 Å². The van der Waals surface area contributed by atoms with E-state index in [9.17, 15) is 5.26 Å². The first kappa shape index (κ1) is 22.0. The normalized spacial score (nSPS) is 15.9. The van der Waals surface area contributed by atoms with Gasteiger partial charge in [-0.25, -0.2) is 4.98 Å². The summed E-state index contributed by atoms with van der Waals surface area (Å²) in [5.41, 5.74) is 3.53. The van der Waals surface area contributed by atoms with E-state index >= 15 is 0 Å². The molecule has 160 valence electrons. The van der Waals surface area contributed by atoms with Gasteiger partial charge < -0.3 is 15.5 Å². The molecule has 1 aromatic carbocycles. The summed E-state index contributed by atoms with van der Waals surface area (Å²) in [6.45, 7) is 9.44. The van der Waals surface area contributed by atoms with Crippen molar-refractivity contribution in [2.75, 3.05) is 29.9 Å². The van der Waals surface area contributed by atoms with Crippen LogP contribution in [-0.4, -0.2) is 35.6 Å². The van der Waals surface area contributed by atoms with Crippen LogP contribution in [0.3, 0.4) is 0 Å². The molecular weight excluding hydrogens is 372 g/mol. The number of nitrogens with zero attached hydrogens (tertiary/aromatic N) is 4. The minimum Gasteiger partial charge on any atom is -0.355 e. The largest absolute Gasteiger partial charge is 0.355 e. The van der Waals surface area contributed by atoms with Crippen molar-refractivity contribution in [1.82, 2.24) is 15.3 Å². The van der Waals surface area contributed by atoms with E-state index in [1.54, 1.807) is 0 Å². The first-order valence-electron chi connectivity index (χ1n) is 11.3. The van der Waals surface area contributed by atoms with Gasteiger partial charge in [0.15, 0.2) is 0 Å². The molecule has 2 aromatic rings. The molecule has 0 amide bonds. The Morgan fingerprint density at radius 3 is 2.80 bits per heavy atom. The van der Waals surface area contributed by atoms with Crippen LogP contribution in [0.4, 0.5) is 17.5 Å². The van der Waals surface area contributed by atoms with E-state index in [2.05, 4.69) is 41.5 Å². The molecule has 6 heteroatoms. The molecule has 0 spiro atoms. The van der Waals surface area contributed by atoms with Crippen LogP contribution in [-0.2, 0) is 6.42 Å². The summed E-state index contributed by atoms with van der Waals surface area (Å²) in [6.07, 6.45) is 6.90. The monoisotopic (exact) mass is 406 g/mol. The molecule has 0 aliphatic carbocycles. The number of nitriles is 1. The molecule has 3 rings (SSSR count). The second kappa shape index (κ2) is 10.9. The highest BCUT2D eigenvalue weighted by molar-refractivity contribution is 5.59. The highest BCUT2D eigenvalue weighted by Crippen LogP contribution is 2.24. The van der Waals surface area contributed by atoms with Gasteiger partial charge in [0.05, 0.1) is 11.6 Å². The summed E-state index contributed by atoms with van der Waals surface area (Å²) < 4.78 is 0. The summed E-state index contributed by atoms with van der Waals surface area (Å²) in [5, 5.41) is 16.3. The van der Waals surface area contributed by atoms with Gasteiger partial charge in [-0.2, -0.15) is 10.2 Å². The Morgan fingerprint density at radius 2 is 2.03 bits per heavy atom. The second-order valence-corrected chi connectivity index (χ2v) is 8.15. The molecule has 1 aliphatic rings. The third-order valence-corrected chi connectivity index (χ3v) is 5.61. The molecule has 0 saturated carbocycles. The lowest BCUT2D eigenvalue weighted by Crippen LogP contribution is -2.33. The Hall–Kier alpha value is -2.65. The van der Waals surface area contributed by atoms with E-state index in [1.165, 1.54) is 19.3 Å². The Kier molecular flexibility index (Phi) is 8.04. The van der Waals surface area contributed by atoms with Crippen LogP contribution < -0.4 is 15.5 Å². The van der Waals surface area contributed by atoms with E-state index in [4.69, 9.17) is 9.97 Å². The molecule has 2 heterocycles. The Balaban J connectivity index is 1.73. The number of anilines is 3. The summed E-state index contributed by atoms with van der Waals surface area (Å²) in [7, 11) is 0. The molecule has 6 nitrogen and oxygen atoms in total. The summed E-state index contributed by atoms with van der Waals surface area (Å²) >= 11 is 0. The fourth-order valence-electron chi connectivity index (χ4n) is 3.85. The average Bonchev–Trinajstić information content (AvgIpc) is 3.22. The highest BCUT2D eigenvalue weighted by Gasteiger charge is 2.23. The van der Waals surface area contributed by atoms with Gasteiger partial charge in [0, 0.05) is 36.6 Å². The molecule has 1 fully saturated rings. The van der Waals surface area contributed by atoms with Gasteiger partial charge in [0.2, 0.25) is 5.95 Å². The quantitative estimate of drug-likeness (QED) is 0.557. The van der Waals surface area contributed by atoms with E-state index in [0.29, 0.717) is 17.6 Å². The number of hydrogen-bond acceptors (Lipinski definition) is 6. The van der Waals surface area contributed by atoms with Gasteiger partial charge in [0.1, 0.15) is 5.82 Å². The number of rotatable bonds is 10. The number of nitrogens with one attached hydrogen (secondary N) is 2. The third kappa shape index (κ3) is 5.93. The lowest BCUT2D eigenvalue weighted by Gasteiger charge is -2.20. The van der Waals surface area contributed by atoms with Crippen LogP contribution in [0.5, 0.6) is 0 Å². The van der Waals surface area contributed by atoms with Crippen LogP contribution in [0, 0.1) is 18.3 Å². The van der Waals surface area contributed by atoms with Gasteiger partial charge in [-0.05, 0) is 50.4 Å². The molecule has 1 unspecified atom stereocenters. The van der Waals surface area contributed by atoms with Crippen molar-refractivity contribution in [3.8, 4) is 6.07 Å². The zero-order valence-corrected chi connectivity index (χ0v) is 18.5. The maximum Gasteiger partial charge on any atom is 0.229 e. The Labute approximate surface area is 180 Å². The maximum atomic E-state index is 9.31. The third-order valence-electron chi connectivity index (χ3n) is 5.61. The van der Waals surface area contributed by atoms with E-state index in [1.807, 2.05) is 25.1 Å². The number of aromatic nitrogens is 2. The van der Waals surface area contributed by atoms with Crippen molar-refractivity contribution in [1.29, 1.82) is 5.26 Å². The molecule has 30 heavy (non-hydrogen) atoms. The van der Waals surface area contributed by atoms with Crippen LogP contribution in [0.2, 0.25) is 0 Å². The molecule has 1 aliphatic heterocycles. The lowest BCUT2D eigenvalue weighted by molar-refractivity contribution is 0.527. The maximum absolute atomic E-state index is 9.31. The van der Waals surface area contributed by atoms with Crippen LogP contribution in [0.15, 0.2) is 24.3 Å². The van der Waals surface area contributed by atoms with Crippen LogP contribution in [0.1, 0.15) is 62.8 Å². The summed E-state index contributed by atoms with van der Waals surface area (Å²) in [4.78, 5) is 11.9. The smallest absolute Gasteiger partial charge is 0.229 e. The Bertz CT molecular complexity index is 872. The first-order valence-corrected chi connectivity index (χ1v) is 11.3. The lowest BCUT2D eigenvalue weighted by atomic mass is 10.1. The average molecular weight is 407 g/mol. The van der Waals surface area contributed by atoms with Gasteiger partial charge in [-0.1, -0.05) is 39.2 Å². The standard InChI is InChI=1S/C24H34N6/c1-4-6-7-12-26-22-11-13-30(17-22)23-15-20(8-5-2)27-24(29-23)28-21-10-9-18(3)19(14-21)16-25/h9-10,14-15,22,26H,4-8,11-13,17H2,1-3H3,(H,27,28,29). The van der Waals surface area contributed by atoms with Crippen molar-refractivity contribution < 1.29 is 0 Å². The zero-order valence-electron chi connectivity index (χ0n) is 18.5. The zero-order chi connectivity index (χ0) is 21.3. The summed E-state index contributed by atoms with van der Waals surface area (Å²) in [6, 6.07) is 10.7. The van der Waals surface area contributed by atoms with E-state index in [-0.39, 0.29) is 0 Å². The van der Waals surface area contributed by atoms with Gasteiger partial charge in [-0.3, -0.25) is 0 Å². The highest BCUT2D eigenvalue weighted by atomic mass is 15.3. The molecule has 0 bridgehead atoms. The van der Waals surface area contributed by atoms with Crippen molar-refractivity contribution in [3.63, 3.8) is 0 Å². The molecule has 1 aromatic heterocycles. The van der Waals surface area contributed by atoms with Crippen molar-refractivity contribution in [2.45, 2.75) is 65.3 Å². The predicted octanol–water partition coefficient (Wildman–Crippen LogP) is 4.71. The topological polar surface area (TPSA) is 76.9 Å². The van der Waals surface area contributed by atoms with Crippen LogP contribution in [0.25, 0.3) is 0 Å². The first-order chi connectivity index (χ1) is 14.6. The van der Waals surface area contributed by atoms with Crippen LogP contribution >= 0.6 is 0 Å². The molecular formula is C24H34N6. The molecule has 1 saturated heterocycles. The number of unbranched alkanes of at least 4 members (excludes halogenated alkanes) is 2. The molecule has 2 N–H and O–H groups in total. The SMILES string of the molecule is CCCCCNC1CCN(c2cc(CCC)nc(Nc3ccc(C)c(C#N)c3)n2)C1. The predicted molar refractivity (Wildman–Crippen MR) is 123 cm³/mol. The number of hydrogen-bond donors (Lipinski definition) is 2. The van der Waals surface area contributed by atoms with Gasteiger partial charge in [0.25, 0.3) is 0 Å². The van der Waals surface area contributed by atoms with Crippen molar-refractivity contribution in [2.24, 2.45) is 0 Å². The fourth-order valence-corrected chi connectivity index (χ4v) is 3.85. The number of benzene rings is 1. The fraction of sp³-hybridized carbons (Fsp3) is 0.542. The summed E-state index contributed by atoms with van der Waals surface area (Å²) in [5.74, 6) is 1.59. The van der Waals surface area contributed by atoms with Gasteiger partial charge >= 0.3 is 0 Å². The molecule has 1 atom stereocenters. The minimum atomic E-state index is 0.526. The molecule has 0 radical (unpaired) electrons.